The van der Waals surface area contributed by atoms with E-state index in [1.807, 2.05) is 85.8 Å². The Balaban J connectivity index is 1.74. The first kappa shape index (κ1) is 18.2. The summed E-state index contributed by atoms with van der Waals surface area (Å²) in [7, 11) is 0. The molecule has 0 radical (unpaired) electrons. The van der Waals surface area contributed by atoms with Crippen LogP contribution in [-0.2, 0) is 4.79 Å². The van der Waals surface area contributed by atoms with Gasteiger partial charge in [0.25, 0.3) is 5.91 Å². The number of anilines is 1. The van der Waals surface area contributed by atoms with Crippen molar-refractivity contribution in [3.8, 4) is 0 Å². The number of rotatable bonds is 4. The summed E-state index contributed by atoms with van der Waals surface area (Å²) in [5.74, 6) is 0.384. The fourth-order valence-corrected chi connectivity index (χ4v) is 3.33. The second-order valence-electron chi connectivity index (χ2n) is 6.50. The van der Waals surface area contributed by atoms with Gasteiger partial charge in [-0.25, -0.2) is 4.99 Å². The Morgan fingerprint density at radius 2 is 1.71 bits per heavy atom. The largest absolute Gasteiger partial charge is 0.297 e. The molecule has 4 nitrogen and oxygen atoms in total. The van der Waals surface area contributed by atoms with Gasteiger partial charge >= 0.3 is 0 Å². The van der Waals surface area contributed by atoms with Crippen LogP contribution < -0.4 is 5.43 Å². The third kappa shape index (κ3) is 3.89. The fraction of sp³-hybridized carbons (Fsp3) is 0.0435. The van der Waals surface area contributed by atoms with Gasteiger partial charge in [-0.1, -0.05) is 76.1 Å². The second-order valence-corrected chi connectivity index (χ2v) is 7.42. The standard InChI is InChI=1S/C23H18BrN3O/c1-16-10-12-18(13-11-16)22-25-21(15-17-6-5-7-19(24)14-17)23(28)27(22)26-20-8-3-2-4-9-20/h2-15,26H,1H3/b21-15+. The average molecular weight is 432 g/mol. The maximum atomic E-state index is 13.1. The van der Waals surface area contributed by atoms with Crippen LogP contribution >= 0.6 is 15.9 Å². The van der Waals surface area contributed by atoms with Crippen molar-refractivity contribution >= 4 is 39.4 Å². The van der Waals surface area contributed by atoms with Gasteiger partial charge < -0.3 is 0 Å². The maximum Gasteiger partial charge on any atom is 0.297 e. The zero-order valence-corrected chi connectivity index (χ0v) is 16.8. The molecular formula is C23H18BrN3O. The molecule has 4 rings (SSSR count). The summed E-state index contributed by atoms with van der Waals surface area (Å²) in [4.78, 5) is 17.8. The van der Waals surface area contributed by atoms with Crippen LogP contribution in [0.25, 0.3) is 6.08 Å². The van der Waals surface area contributed by atoms with Crippen molar-refractivity contribution < 1.29 is 4.79 Å². The van der Waals surface area contributed by atoms with Gasteiger partial charge in [-0.15, -0.1) is 0 Å². The van der Waals surface area contributed by atoms with Crippen LogP contribution in [0.3, 0.4) is 0 Å². The third-order valence-electron chi connectivity index (χ3n) is 4.34. The number of hydrazine groups is 1. The van der Waals surface area contributed by atoms with Crippen molar-refractivity contribution in [1.29, 1.82) is 0 Å². The van der Waals surface area contributed by atoms with Gasteiger partial charge in [-0.05, 0) is 42.8 Å². The van der Waals surface area contributed by atoms with E-state index in [1.165, 1.54) is 5.01 Å². The monoisotopic (exact) mass is 431 g/mol. The molecule has 138 valence electrons. The first-order chi connectivity index (χ1) is 13.6. The van der Waals surface area contributed by atoms with E-state index < -0.39 is 0 Å². The highest BCUT2D eigenvalue weighted by Crippen LogP contribution is 2.24. The number of carbonyl (C=O) groups excluding carboxylic acids is 1. The van der Waals surface area contributed by atoms with E-state index in [2.05, 4.69) is 26.3 Å². The molecule has 1 aliphatic rings. The number of hydrogen-bond acceptors (Lipinski definition) is 3. The molecule has 28 heavy (non-hydrogen) atoms. The molecule has 0 fully saturated rings. The van der Waals surface area contributed by atoms with E-state index in [4.69, 9.17) is 0 Å². The summed E-state index contributed by atoms with van der Waals surface area (Å²) in [5, 5.41) is 1.50. The second kappa shape index (κ2) is 7.82. The van der Waals surface area contributed by atoms with Gasteiger partial charge in [0, 0.05) is 10.0 Å². The predicted octanol–water partition coefficient (Wildman–Crippen LogP) is 5.41. The van der Waals surface area contributed by atoms with Gasteiger partial charge in [0.05, 0.1) is 5.69 Å². The summed E-state index contributed by atoms with van der Waals surface area (Å²) in [6.07, 6.45) is 1.80. The first-order valence-corrected chi connectivity index (χ1v) is 9.68. The number of amidine groups is 1. The number of aliphatic imine (C=N–C) groups is 1. The molecule has 0 saturated carbocycles. The Hall–Kier alpha value is -3.18. The number of halogens is 1. The van der Waals surface area contributed by atoms with E-state index in [9.17, 15) is 4.79 Å². The molecular weight excluding hydrogens is 414 g/mol. The molecule has 1 N–H and O–H groups in total. The minimum atomic E-state index is -0.195. The fourth-order valence-electron chi connectivity index (χ4n) is 2.91. The number of nitrogens with zero attached hydrogens (tertiary/aromatic N) is 2. The molecule has 1 aliphatic heterocycles. The molecule has 0 bridgehead atoms. The highest BCUT2D eigenvalue weighted by atomic mass is 79.9. The molecule has 1 amide bonds. The minimum Gasteiger partial charge on any atom is -0.290 e. The van der Waals surface area contributed by atoms with Gasteiger partial charge in [-0.2, -0.15) is 5.01 Å². The Morgan fingerprint density at radius 1 is 0.964 bits per heavy atom. The number of benzene rings is 3. The summed E-state index contributed by atoms with van der Waals surface area (Å²) < 4.78 is 0.953. The topological polar surface area (TPSA) is 44.7 Å². The number of amides is 1. The van der Waals surface area contributed by atoms with Crippen LogP contribution in [0.1, 0.15) is 16.7 Å². The predicted molar refractivity (Wildman–Crippen MR) is 117 cm³/mol. The summed E-state index contributed by atoms with van der Waals surface area (Å²) in [5.41, 5.74) is 7.33. The van der Waals surface area contributed by atoms with Gasteiger partial charge in [0.1, 0.15) is 5.70 Å². The molecule has 3 aromatic carbocycles. The van der Waals surface area contributed by atoms with Gasteiger partial charge in [0.15, 0.2) is 5.84 Å². The van der Waals surface area contributed by atoms with Crippen LogP contribution in [0, 0.1) is 6.92 Å². The zero-order chi connectivity index (χ0) is 19.5. The Labute approximate surface area is 172 Å². The molecule has 3 aromatic rings. The summed E-state index contributed by atoms with van der Waals surface area (Å²) >= 11 is 3.47. The highest BCUT2D eigenvalue weighted by Gasteiger charge is 2.31. The van der Waals surface area contributed by atoms with Crippen LogP contribution in [0.2, 0.25) is 0 Å². The Morgan fingerprint density at radius 3 is 2.43 bits per heavy atom. The van der Waals surface area contributed by atoms with Crippen molar-refractivity contribution in [2.45, 2.75) is 6.92 Å². The lowest BCUT2D eigenvalue weighted by Gasteiger charge is -2.20. The Kier molecular flexibility index (Phi) is 5.08. The van der Waals surface area contributed by atoms with Crippen molar-refractivity contribution in [2.24, 2.45) is 4.99 Å². The number of carbonyl (C=O) groups is 1. The first-order valence-electron chi connectivity index (χ1n) is 8.89. The lowest BCUT2D eigenvalue weighted by molar-refractivity contribution is -0.121. The van der Waals surface area contributed by atoms with E-state index in [0.717, 1.165) is 26.9 Å². The molecule has 0 unspecified atom stereocenters. The minimum absolute atomic E-state index is 0.195. The lowest BCUT2D eigenvalue weighted by Crippen LogP contribution is -2.37. The number of para-hydroxylation sites is 1. The van der Waals surface area contributed by atoms with Gasteiger partial charge in [-0.3, -0.25) is 10.2 Å². The normalized spacial score (nSPS) is 15.1. The summed E-state index contributed by atoms with van der Waals surface area (Å²) in [6, 6.07) is 25.4. The smallest absolute Gasteiger partial charge is 0.290 e. The van der Waals surface area contributed by atoms with Gasteiger partial charge in [0.2, 0.25) is 0 Å². The highest BCUT2D eigenvalue weighted by molar-refractivity contribution is 9.10. The number of aryl methyl sites for hydroxylation is 1. The SMILES string of the molecule is Cc1ccc(C2=N/C(=C/c3cccc(Br)c3)C(=O)N2Nc2ccccc2)cc1. The van der Waals surface area contributed by atoms with Crippen molar-refractivity contribution in [3.63, 3.8) is 0 Å². The molecule has 1 heterocycles. The van der Waals surface area contributed by atoms with E-state index in [-0.39, 0.29) is 5.91 Å². The average Bonchev–Trinajstić information content (AvgIpc) is 2.99. The summed E-state index contributed by atoms with van der Waals surface area (Å²) in [6.45, 7) is 2.03. The van der Waals surface area contributed by atoms with Crippen molar-refractivity contribution in [2.75, 3.05) is 5.43 Å². The molecule has 0 aromatic heterocycles. The number of hydrogen-bond donors (Lipinski definition) is 1. The van der Waals surface area contributed by atoms with E-state index in [1.54, 1.807) is 6.08 Å². The van der Waals surface area contributed by atoms with Crippen LogP contribution in [0.4, 0.5) is 5.69 Å². The number of nitrogens with one attached hydrogen (secondary N) is 1. The van der Waals surface area contributed by atoms with Crippen LogP contribution in [0.15, 0.2) is 94.0 Å². The van der Waals surface area contributed by atoms with Crippen LogP contribution in [-0.4, -0.2) is 16.8 Å². The van der Waals surface area contributed by atoms with Crippen molar-refractivity contribution in [1.82, 2.24) is 5.01 Å². The maximum absolute atomic E-state index is 13.1. The van der Waals surface area contributed by atoms with Crippen molar-refractivity contribution in [3.05, 3.63) is 106 Å². The lowest BCUT2D eigenvalue weighted by atomic mass is 10.1. The van der Waals surface area contributed by atoms with E-state index in [0.29, 0.717) is 11.5 Å². The molecule has 0 aliphatic carbocycles. The molecule has 0 saturated heterocycles. The third-order valence-corrected chi connectivity index (χ3v) is 4.83. The Bertz CT molecular complexity index is 1070. The molecule has 0 atom stereocenters. The molecule has 0 spiro atoms. The molecule has 5 heteroatoms. The van der Waals surface area contributed by atoms with E-state index >= 15 is 0 Å². The van der Waals surface area contributed by atoms with Crippen LogP contribution in [0.5, 0.6) is 0 Å². The zero-order valence-electron chi connectivity index (χ0n) is 15.3. The quantitative estimate of drug-likeness (QED) is 0.560.